The fourth-order valence-electron chi connectivity index (χ4n) is 8.34. The van der Waals surface area contributed by atoms with E-state index in [2.05, 4.69) is 17.6 Å². The molecule has 3 amide bonds. The molecule has 0 spiro atoms. The van der Waals surface area contributed by atoms with Crippen molar-refractivity contribution in [3.8, 4) is 0 Å². The van der Waals surface area contributed by atoms with E-state index in [1.165, 1.54) is 0 Å². The second-order valence-corrected chi connectivity index (χ2v) is 18.0. The largest absolute Gasteiger partial charge is 0.459 e. The molecule has 1 heterocycles. The van der Waals surface area contributed by atoms with Crippen LogP contribution in [0.5, 0.6) is 0 Å². The number of nitrogens with zero attached hydrogens (tertiary/aromatic N) is 3. The Morgan fingerprint density at radius 3 is 2.07 bits per heavy atom. The Morgan fingerprint density at radius 2 is 1.57 bits per heavy atom. The van der Waals surface area contributed by atoms with Crippen LogP contribution < -0.4 is 10.6 Å². The number of aliphatic hydroxyl groups is 1. The van der Waals surface area contributed by atoms with E-state index in [9.17, 15) is 24.3 Å². The van der Waals surface area contributed by atoms with Crippen LogP contribution >= 0.6 is 0 Å². The van der Waals surface area contributed by atoms with Crippen molar-refractivity contribution in [2.24, 2.45) is 23.7 Å². The fraction of sp³-hybridized carbons (Fsp3) is 0.778. The number of amides is 3. The van der Waals surface area contributed by atoms with Gasteiger partial charge in [0.15, 0.2) is 0 Å². The van der Waals surface area contributed by atoms with Crippen LogP contribution in [0.2, 0.25) is 0 Å². The van der Waals surface area contributed by atoms with E-state index >= 15 is 0 Å². The quantitative estimate of drug-likeness (QED) is 0.103. The number of benzene rings is 1. The zero-order valence-corrected chi connectivity index (χ0v) is 38.4. The number of esters is 1. The van der Waals surface area contributed by atoms with Gasteiger partial charge in [0.05, 0.1) is 36.8 Å². The predicted molar refractivity (Wildman–Crippen MR) is 229 cm³/mol. The van der Waals surface area contributed by atoms with E-state index in [0.717, 1.165) is 18.4 Å². The molecule has 13 heteroatoms. The number of likely N-dealkylation sites (N-methyl/N-ethyl adjacent to an activating group) is 2. The van der Waals surface area contributed by atoms with Crippen LogP contribution in [0, 0.1) is 23.7 Å². The van der Waals surface area contributed by atoms with Gasteiger partial charge in [-0.05, 0) is 76.9 Å². The fourth-order valence-corrected chi connectivity index (χ4v) is 8.34. The first-order valence-corrected chi connectivity index (χ1v) is 21.5. The Bertz CT molecular complexity index is 1420. The molecule has 1 aromatic carbocycles. The van der Waals surface area contributed by atoms with Crippen LogP contribution in [0.3, 0.4) is 0 Å². The van der Waals surface area contributed by atoms with Crippen molar-refractivity contribution in [3.63, 3.8) is 0 Å². The minimum Gasteiger partial charge on any atom is -0.459 e. The van der Waals surface area contributed by atoms with E-state index in [-0.39, 0.29) is 54.0 Å². The summed E-state index contributed by atoms with van der Waals surface area (Å²) < 4.78 is 17.8. The van der Waals surface area contributed by atoms with Crippen LogP contribution in [-0.4, -0.2) is 139 Å². The third-order valence-electron chi connectivity index (χ3n) is 11.8. The predicted octanol–water partition coefficient (Wildman–Crippen LogP) is 4.88. The molecule has 1 aliphatic heterocycles. The van der Waals surface area contributed by atoms with Gasteiger partial charge in [-0.25, -0.2) is 0 Å². The molecule has 0 radical (unpaired) electrons. The maximum Gasteiger partial charge on any atom is 0.324 e. The molecule has 0 saturated carbocycles. The van der Waals surface area contributed by atoms with Gasteiger partial charge in [0, 0.05) is 33.7 Å². The molecule has 1 aliphatic rings. The molecule has 332 valence electrons. The first kappa shape index (κ1) is 51.0. The molecule has 0 aromatic heterocycles. The molecule has 8 unspecified atom stereocenters. The molecule has 0 aliphatic carbocycles. The van der Waals surface area contributed by atoms with E-state index in [0.29, 0.717) is 25.9 Å². The number of aliphatic hydroxyl groups excluding tert-OH is 1. The maximum atomic E-state index is 14.4. The van der Waals surface area contributed by atoms with Crippen molar-refractivity contribution in [1.82, 2.24) is 25.3 Å². The summed E-state index contributed by atoms with van der Waals surface area (Å²) in [6, 6.07) is 6.80. The van der Waals surface area contributed by atoms with Gasteiger partial charge in [-0.2, -0.15) is 0 Å². The number of carbonyl (C=O) groups excluding carboxylic acids is 4. The number of ether oxygens (including phenoxy) is 3. The van der Waals surface area contributed by atoms with Gasteiger partial charge in [-0.15, -0.1) is 0 Å². The van der Waals surface area contributed by atoms with E-state index in [1.807, 2.05) is 116 Å². The van der Waals surface area contributed by atoms with Gasteiger partial charge >= 0.3 is 5.97 Å². The highest BCUT2D eigenvalue weighted by Crippen LogP contribution is 2.30. The molecule has 1 aromatic rings. The monoisotopic (exact) mass is 818 g/mol. The zero-order valence-electron chi connectivity index (χ0n) is 38.4. The second-order valence-electron chi connectivity index (χ2n) is 18.0. The SMILES string of the molecule is CCC(C)C(C(CC(=O)N1CCCC1[C@H](OC)C(C)C(O)NC(Cc1ccccc1)C(=O)OC(C)(C)C)OC)N(C)C(=O)[C@@H](NC(=O)C(C(C)C)N(C)CC)C(C)C. The van der Waals surface area contributed by atoms with E-state index in [1.54, 1.807) is 26.2 Å². The lowest BCUT2D eigenvalue weighted by Crippen LogP contribution is -2.60. The van der Waals surface area contributed by atoms with Crippen LogP contribution in [0.25, 0.3) is 0 Å². The van der Waals surface area contributed by atoms with Crippen molar-refractivity contribution < 1.29 is 38.5 Å². The summed E-state index contributed by atoms with van der Waals surface area (Å²) in [5, 5.41) is 17.8. The lowest BCUT2D eigenvalue weighted by molar-refractivity contribution is -0.159. The van der Waals surface area contributed by atoms with Crippen molar-refractivity contribution in [1.29, 1.82) is 0 Å². The molecule has 10 atom stereocenters. The first-order valence-electron chi connectivity index (χ1n) is 21.5. The molecule has 2 rings (SSSR count). The zero-order chi connectivity index (χ0) is 44.1. The summed E-state index contributed by atoms with van der Waals surface area (Å²) >= 11 is 0. The first-order chi connectivity index (χ1) is 27.1. The minimum absolute atomic E-state index is 0.0263. The Morgan fingerprint density at radius 1 is 0.948 bits per heavy atom. The number of rotatable bonds is 23. The second kappa shape index (κ2) is 23.6. The molecule has 13 nitrogen and oxygen atoms in total. The summed E-state index contributed by atoms with van der Waals surface area (Å²) in [6.07, 6.45) is 0.165. The number of carbonyl (C=O) groups is 4. The molecule has 1 fully saturated rings. The smallest absolute Gasteiger partial charge is 0.324 e. The van der Waals surface area contributed by atoms with E-state index in [4.69, 9.17) is 14.2 Å². The average molecular weight is 818 g/mol. The van der Waals surface area contributed by atoms with Crippen LogP contribution in [0.1, 0.15) is 107 Å². The van der Waals surface area contributed by atoms with Gasteiger partial charge in [-0.1, -0.05) is 92.1 Å². The Hall–Kier alpha value is -3.10. The van der Waals surface area contributed by atoms with Gasteiger partial charge in [-0.3, -0.25) is 29.4 Å². The number of hydrogen-bond acceptors (Lipinski definition) is 10. The van der Waals surface area contributed by atoms with Gasteiger partial charge in [0.1, 0.15) is 23.9 Å². The van der Waals surface area contributed by atoms with Crippen molar-refractivity contribution in [2.45, 2.75) is 163 Å². The van der Waals surface area contributed by atoms with Crippen molar-refractivity contribution in [2.75, 3.05) is 41.4 Å². The summed E-state index contributed by atoms with van der Waals surface area (Å²) in [6.45, 7) is 22.4. The molecular formula is C45H79N5O8. The molecule has 58 heavy (non-hydrogen) atoms. The highest BCUT2D eigenvalue weighted by Gasteiger charge is 2.43. The molecule has 1 saturated heterocycles. The van der Waals surface area contributed by atoms with Crippen LogP contribution in [0.4, 0.5) is 0 Å². The summed E-state index contributed by atoms with van der Waals surface area (Å²) in [5.74, 6) is -1.69. The van der Waals surface area contributed by atoms with Gasteiger partial charge < -0.3 is 34.4 Å². The van der Waals surface area contributed by atoms with E-state index < -0.39 is 54.0 Å². The van der Waals surface area contributed by atoms with Gasteiger partial charge in [0.25, 0.3) is 0 Å². The highest BCUT2D eigenvalue weighted by molar-refractivity contribution is 5.90. The Kier molecular flexibility index (Phi) is 20.8. The van der Waals surface area contributed by atoms with Crippen molar-refractivity contribution >= 4 is 23.7 Å². The van der Waals surface area contributed by atoms with Gasteiger partial charge in [0.2, 0.25) is 17.7 Å². The normalized spacial score (nSPS) is 19.6. The van der Waals surface area contributed by atoms with Crippen LogP contribution in [-0.2, 0) is 39.8 Å². The van der Waals surface area contributed by atoms with Crippen molar-refractivity contribution in [3.05, 3.63) is 35.9 Å². The summed E-state index contributed by atoms with van der Waals surface area (Å²) in [4.78, 5) is 61.2. The summed E-state index contributed by atoms with van der Waals surface area (Å²) in [5.41, 5.74) is 0.204. The highest BCUT2D eigenvalue weighted by atomic mass is 16.6. The molecule has 0 bridgehead atoms. The number of methoxy groups -OCH3 is 2. The maximum absolute atomic E-state index is 14.4. The topological polar surface area (TPSA) is 150 Å². The molecular weight excluding hydrogens is 739 g/mol. The lowest BCUT2D eigenvalue weighted by atomic mass is 9.89. The standard InChI is InChI=1S/C45H79N5O8/c1-16-30(7)39(49(13)43(54)37(28(3)4)47-42(53)38(29(5)6)48(12)17-2)35(56-14)27-36(51)50-25-21-24-34(50)40(57-15)31(8)41(52)46-33(44(55)58-45(9,10)11)26-32-22-19-18-20-23-32/h18-20,22-23,28-31,33-35,37-41,46,52H,16-17,21,24-27H2,1-15H3,(H,47,53)/t30?,31?,33?,34?,35?,37-,38?,39?,40+,41?/m0/s1. The average Bonchev–Trinajstić information content (AvgIpc) is 3.65. The Balaban J connectivity index is 2.32. The number of likely N-dealkylation sites (tertiary alicyclic amines) is 1. The number of hydrogen-bond donors (Lipinski definition) is 3. The third kappa shape index (κ3) is 14.3. The lowest BCUT2D eigenvalue weighted by Gasteiger charge is -2.41. The third-order valence-corrected chi connectivity index (χ3v) is 11.8. The van der Waals surface area contributed by atoms with Crippen LogP contribution in [0.15, 0.2) is 30.3 Å². The number of nitrogens with one attached hydrogen (secondary N) is 2. The Labute approximate surface area is 350 Å². The minimum atomic E-state index is -1.16. The summed E-state index contributed by atoms with van der Waals surface area (Å²) in [7, 11) is 6.81. The molecule has 3 N–H and O–H groups in total.